The van der Waals surface area contributed by atoms with Crippen LogP contribution in [0.15, 0.2) is 24.3 Å². The molecule has 0 saturated carbocycles. The largest absolute Gasteiger partial charge is 0.457 e. The maximum absolute atomic E-state index is 11.4. The Bertz CT molecular complexity index is 357. The van der Waals surface area contributed by atoms with Crippen LogP contribution in [-0.4, -0.2) is 5.97 Å². The van der Waals surface area contributed by atoms with Gasteiger partial charge in [-0.2, -0.15) is 0 Å². The summed E-state index contributed by atoms with van der Waals surface area (Å²) >= 11 is 0. The molecule has 1 aromatic carbocycles. The molecule has 0 N–H and O–H groups in total. The quantitative estimate of drug-likeness (QED) is 0.707. The Morgan fingerprint density at radius 3 is 3.07 bits per heavy atom. The molecule has 0 saturated heterocycles. The summed E-state index contributed by atoms with van der Waals surface area (Å²) in [5, 5.41) is 0. The number of benzene rings is 1. The number of aryl methyl sites for hydroxylation is 1. The van der Waals surface area contributed by atoms with E-state index in [1.807, 2.05) is 19.1 Å². The maximum Gasteiger partial charge on any atom is 0.306 e. The van der Waals surface area contributed by atoms with Crippen LogP contribution in [0.3, 0.4) is 0 Å². The fourth-order valence-corrected chi connectivity index (χ4v) is 2.06. The Balaban J connectivity index is 2.04. The van der Waals surface area contributed by atoms with Gasteiger partial charge < -0.3 is 4.74 Å². The minimum Gasteiger partial charge on any atom is -0.457 e. The number of esters is 1. The van der Waals surface area contributed by atoms with E-state index < -0.39 is 0 Å². The predicted octanol–water partition coefficient (Wildman–Crippen LogP) is 3.02. The molecule has 0 spiro atoms. The van der Waals surface area contributed by atoms with Crippen molar-refractivity contribution < 1.29 is 9.53 Å². The van der Waals surface area contributed by atoms with E-state index >= 15 is 0 Å². The third-order valence-corrected chi connectivity index (χ3v) is 2.81. The average Bonchev–Trinajstić information content (AvgIpc) is 2.62. The van der Waals surface area contributed by atoms with Crippen molar-refractivity contribution in [2.75, 3.05) is 0 Å². The number of hydrogen-bond donors (Lipinski definition) is 0. The Hall–Kier alpha value is -1.31. The van der Waals surface area contributed by atoms with Crippen LogP contribution in [0.4, 0.5) is 0 Å². The van der Waals surface area contributed by atoms with E-state index in [1.54, 1.807) is 0 Å². The first-order valence-corrected chi connectivity index (χ1v) is 5.58. The van der Waals surface area contributed by atoms with Gasteiger partial charge in [-0.25, -0.2) is 0 Å². The van der Waals surface area contributed by atoms with Crippen molar-refractivity contribution in [2.24, 2.45) is 0 Å². The molecular formula is C13H16O2. The van der Waals surface area contributed by atoms with E-state index in [0.717, 1.165) is 19.3 Å². The lowest BCUT2D eigenvalue weighted by atomic mass is 10.1. The molecule has 80 valence electrons. The second-order valence-electron chi connectivity index (χ2n) is 3.97. The van der Waals surface area contributed by atoms with Crippen LogP contribution in [0.1, 0.15) is 43.4 Å². The molecule has 0 amide bonds. The van der Waals surface area contributed by atoms with Gasteiger partial charge in [0.1, 0.15) is 6.10 Å². The molecule has 2 nitrogen and oxygen atoms in total. The van der Waals surface area contributed by atoms with Crippen molar-refractivity contribution in [2.45, 2.75) is 38.7 Å². The molecule has 15 heavy (non-hydrogen) atoms. The van der Waals surface area contributed by atoms with Crippen molar-refractivity contribution in [3.63, 3.8) is 0 Å². The zero-order valence-corrected chi connectivity index (χ0v) is 9.03. The van der Waals surface area contributed by atoms with Crippen LogP contribution in [0.5, 0.6) is 0 Å². The van der Waals surface area contributed by atoms with Gasteiger partial charge >= 0.3 is 5.97 Å². The summed E-state index contributed by atoms with van der Waals surface area (Å²) in [5.41, 5.74) is 2.52. The predicted molar refractivity (Wildman–Crippen MR) is 58.5 cm³/mol. The van der Waals surface area contributed by atoms with Crippen molar-refractivity contribution >= 4 is 5.97 Å². The molecule has 1 aliphatic rings. The third-order valence-electron chi connectivity index (χ3n) is 2.81. The van der Waals surface area contributed by atoms with E-state index in [2.05, 4.69) is 12.1 Å². The van der Waals surface area contributed by atoms with Gasteiger partial charge in [-0.05, 0) is 30.4 Å². The highest BCUT2D eigenvalue weighted by atomic mass is 16.5. The Labute approximate surface area is 90.3 Å². The second kappa shape index (κ2) is 4.47. The summed E-state index contributed by atoms with van der Waals surface area (Å²) in [4.78, 5) is 11.4. The van der Waals surface area contributed by atoms with Crippen molar-refractivity contribution in [1.82, 2.24) is 0 Å². The zero-order valence-electron chi connectivity index (χ0n) is 9.03. The molecule has 1 aromatic rings. The highest BCUT2D eigenvalue weighted by Gasteiger charge is 2.24. The summed E-state index contributed by atoms with van der Waals surface area (Å²) in [6.45, 7) is 1.99. The SMILES string of the molecule is CCCC(=O)O[C@H]1CCc2ccccc21. The smallest absolute Gasteiger partial charge is 0.306 e. The van der Waals surface area contributed by atoms with Crippen LogP contribution in [0.25, 0.3) is 0 Å². The summed E-state index contributed by atoms with van der Waals surface area (Å²) in [6, 6.07) is 8.22. The number of carbonyl (C=O) groups excluding carboxylic acids is 1. The summed E-state index contributed by atoms with van der Waals surface area (Å²) < 4.78 is 5.44. The molecule has 2 rings (SSSR count). The topological polar surface area (TPSA) is 26.3 Å². The van der Waals surface area contributed by atoms with Gasteiger partial charge in [0.15, 0.2) is 0 Å². The number of hydrogen-bond acceptors (Lipinski definition) is 2. The van der Waals surface area contributed by atoms with Gasteiger partial charge in [0.2, 0.25) is 0 Å². The minimum absolute atomic E-state index is 0.000231. The summed E-state index contributed by atoms with van der Waals surface area (Å²) in [5.74, 6) is -0.0702. The van der Waals surface area contributed by atoms with Crippen LogP contribution >= 0.6 is 0 Å². The highest BCUT2D eigenvalue weighted by molar-refractivity contribution is 5.69. The van der Waals surface area contributed by atoms with Gasteiger partial charge in [-0.1, -0.05) is 31.2 Å². The van der Waals surface area contributed by atoms with Crippen molar-refractivity contribution in [3.8, 4) is 0 Å². The van der Waals surface area contributed by atoms with E-state index in [9.17, 15) is 4.79 Å². The Morgan fingerprint density at radius 1 is 1.47 bits per heavy atom. The van der Waals surface area contributed by atoms with Gasteiger partial charge in [-0.3, -0.25) is 4.79 Å². The number of carbonyl (C=O) groups is 1. The van der Waals surface area contributed by atoms with Crippen LogP contribution in [-0.2, 0) is 16.0 Å². The molecule has 1 atom stereocenters. The molecular weight excluding hydrogens is 188 g/mol. The number of fused-ring (bicyclic) bond motifs is 1. The Kier molecular flexibility index (Phi) is 3.05. The normalized spacial score (nSPS) is 18.6. The first kappa shape index (κ1) is 10.2. The van der Waals surface area contributed by atoms with Crippen LogP contribution in [0.2, 0.25) is 0 Å². The maximum atomic E-state index is 11.4. The minimum atomic E-state index is -0.0702. The monoisotopic (exact) mass is 204 g/mol. The standard InChI is InChI=1S/C13H16O2/c1-2-5-13(14)15-12-9-8-10-6-3-4-7-11(10)12/h3-4,6-7,12H,2,5,8-9H2,1H3/t12-/m0/s1. The Morgan fingerprint density at radius 2 is 2.27 bits per heavy atom. The van der Waals surface area contributed by atoms with Crippen molar-refractivity contribution in [1.29, 1.82) is 0 Å². The third kappa shape index (κ3) is 2.20. The lowest BCUT2D eigenvalue weighted by Gasteiger charge is -2.12. The molecule has 0 fully saturated rings. The molecule has 0 aliphatic heterocycles. The molecule has 0 heterocycles. The molecule has 0 aromatic heterocycles. The molecule has 0 bridgehead atoms. The zero-order chi connectivity index (χ0) is 10.7. The van der Waals surface area contributed by atoms with Crippen molar-refractivity contribution in [3.05, 3.63) is 35.4 Å². The lowest BCUT2D eigenvalue weighted by molar-refractivity contribution is -0.149. The summed E-state index contributed by atoms with van der Waals surface area (Å²) in [6.07, 6.45) is 3.35. The van der Waals surface area contributed by atoms with Gasteiger partial charge in [-0.15, -0.1) is 0 Å². The van der Waals surface area contributed by atoms with Crippen LogP contribution in [0, 0.1) is 0 Å². The fourth-order valence-electron chi connectivity index (χ4n) is 2.06. The van der Waals surface area contributed by atoms with Crippen LogP contribution < -0.4 is 0 Å². The fraction of sp³-hybridized carbons (Fsp3) is 0.462. The molecule has 1 aliphatic carbocycles. The molecule has 2 heteroatoms. The molecule has 0 unspecified atom stereocenters. The first-order chi connectivity index (χ1) is 7.31. The number of ether oxygens (including phenoxy) is 1. The average molecular weight is 204 g/mol. The number of rotatable bonds is 3. The van der Waals surface area contributed by atoms with E-state index in [0.29, 0.717) is 6.42 Å². The van der Waals surface area contributed by atoms with E-state index in [1.165, 1.54) is 11.1 Å². The van der Waals surface area contributed by atoms with Gasteiger partial charge in [0, 0.05) is 6.42 Å². The first-order valence-electron chi connectivity index (χ1n) is 5.58. The van der Waals surface area contributed by atoms with E-state index in [-0.39, 0.29) is 12.1 Å². The molecule has 0 radical (unpaired) electrons. The highest BCUT2D eigenvalue weighted by Crippen LogP contribution is 2.33. The lowest BCUT2D eigenvalue weighted by Crippen LogP contribution is -2.08. The van der Waals surface area contributed by atoms with Gasteiger partial charge in [0.25, 0.3) is 0 Å². The summed E-state index contributed by atoms with van der Waals surface area (Å²) in [7, 11) is 0. The van der Waals surface area contributed by atoms with E-state index in [4.69, 9.17) is 4.74 Å². The van der Waals surface area contributed by atoms with Gasteiger partial charge in [0.05, 0.1) is 0 Å². The second-order valence-corrected chi connectivity index (χ2v) is 3.97.